The van der Waals surface area contributed by atoms with E-state index in [1.54, 1.807) is 6.07 Å². The van der Waals surface area contributed by atoms with Gasteiger partial charge in [-0.25, -0.2) is 5.43 Å². The Morgan fingerprint density at radius 1 is 1.47 bits per heavy atom. The van der Waals surface area contributed by atoms with E-state index in [-0.39, 0.29) is 22.5 Å². The first-order chi connectivity index (χ1) is 9.24. The molecule has 0 fully saturated rings. The lowest BCUT2D eigenvalue weighted by molar-refractivity contribution is -0.107. The van der Waals surface area contributed by atoms with E-state index in [4.69, 9.17) is 4.42 Å². The van der Waals surface area contributed by atoms with Crippen molar-refractivity contribution in [1.82, 2.24) is 4.98 Å². The number of hydrazone groups is 1. The first-order valence-electron chi connectivity index (χ1n) is 5.48. The molecular formula is C12H9N3O3S. The van der Waals surface area contributed by atoms with Gasteiger partial charge < -0.3 is 9.52 Å². The molecule has 0 radical (unpaired) electrons. The smallest absolute Gasteiger partial charge is 0.316 e. The van der Waals surface area contributed by atoms with Crippen LogP contribution in [0.25, 0.3) is 11.1 Å². The zero-order chi connectivity index (χ0) is 13.2. The standard InChI is InChI=1S/C12H9N3O3S/c16-9-6-19-11(17)7(9)5-13-15-12-14-8-3-1-2-4-10(8)18-12/h1-5,16H,6H2,(H,14,15). The van der Waals surface area contributed by atoms with Gasteiger partial charge in [0.25, 0.3) is 0 Å². The predicted molar refractivity (Wildman–Crippen MR) is 73.2 cm³/mol. The van der Waals surface area contributed by atoms with E-state index in [1.807, 2.05) is 18.2 Å². The number of carbonyl (C=O) groups excluding carboxylic acids is 1. The quantitative estimate of drug-likeness (QED) is 0.660. The topological polar surface area (TPSA) is 87.7 Å². The molecule has 7 heteroatoms. The number of oxazole rings is 1. The van der Waals surface area contributed by atoms with Gasteiger partial charge in [-0.05, 0) is 12.1 Å². The molecule has 2 aromatic rings. The first-order valence-corrected chi connectivity index (χ1v) is 6.46. The van der Waals surface area contributed by atoms with Gasteiger partial charge >= 0.3 is 6.01 Å². The van der Waals surface area contributed by atoms with E-state index < -0.39 is 0 Å². The highest BCUT2D eigenvalue weighted by molar-refractivity contribution is 8.14. The number of carbonyl (C=O) groups is 1. The molecule has 2 N–H and O–H groups in total. The summed E-state index contributed by atoms with van der Waals surface area (Å²) in [6, 6.07) is 7.55. The third kappa shape index (κ3) is 2.32. The van der Waals surface area contributed by atoms with Crippen molar-refractivity contribution in [2.45, 2.75) is 0 Å². The first kappa shape index (κ1) is 11.8. The zero-order valence-electron chi connectivity index (χ0n) is 9.66. The van der Waals surface area contributed by atoms with E-state index in [9.17, 15) is 9.90 Å². The molecule has 1 aliphatic rings. The van der Waals surface area contributed by atoms with E-state index in [2.05, 4.69) is 15.5 Å². The molecule has 3 rings (SSSR count). The fourth-order valence-electron chi connectivity index (χ4n) is 1.61. The van der Waals surface area contributed by atoms with Crippen molar-refractivity contribution in [3.8, 4) is 0 Å². The summed E-state index contributed by atoms with van der Waals surface area (Å²) in [6.45, 7) is 0. The number of thioether (sulfide) groups is 1. The second-order valence-electron chi connectivity index (χ2n) is 3.79. The summed E-state index contributed by atoms with van der Waals surface area (Å²) in [4.78, 5) is 15.5. The van der Waals surface area contributed by atoms with Crippen LogP contribution >= 0.6 is 11.8 Å². The molecule has 0 bridgehead atoms. The fraction of sp³-hybridized carbons (Fsp3) is 0.0833. The van der Waals surface area contributed by atoms with Gasteiger partial charge in [0, 0.05) is 0 Å². The van der Waals surface area contributed by atoms with Crippen LogP contribution in [0.2, 0.25) is 0 Å². The second-order valence-corrected chi connectivity index (χ2v) is 4.74. The summed E-state index contributed by atoms with van der Waals surface area (Å²) in [6.07, 6.45) is 1.27. The molecule has 2 heterocycles. The lowest BCUT2D eigenvalue weighted by Gasteiger charge is -1.92. The summed E-state index contributed by atoms with van der Waals surface area (Å²) in [5.41, 5.74) is 4.15. The number of hydrogen-bond donors (Lipinski definition) is 2. The van der Waals surface area contributed by atoms with Crippen LogP contribution in [-0.4, -0.2) is 27.2 Å². The summed E-state index contributed by atoms with van der Waals surface area (Å²) in [5.74, 6) is 0.335. The van der Waals surface area contributed by atoms with E-state index in [1.165, 1.54) is 6.21 Å². The number of benzene rings is 1. The maximum absolute atomic E-state index is 11.4. The Morgan fingerprint density at radius 3 is 3.05 bits per heavy atom. The summed E-state index contributed by atoms with van der Waals surface area (Å²) in [7, 11) is 0. The van der Waals surface area contributed by atoms with Gasteiger partial charge in [-0.3, -0.25) is 4.79 Å². The Kier molecular flexibility index (Phi) is 2.96. The number of para-hydroxylation sites is 2. The molecule has 0 amide bonds. The molecule has 0 spiro atoms. The Bertz CT molecular complexity index is 672. The molecule has 0 saturated carbocycles. The van der Waals surface area contributed by atoms with E-state index in [0.717, 1.165) is 17.3 Å². The molecule has 1 aliphatic heterocycles. The molecule has 0 unspecified atom stereocenters. The van der Waals surface area contributed by atoms with Crippen LogP contribution in [0, 0.1) is 0 Å². The molecule has 0 saturated heterocycles. The van der Waals surface area contributed by atoms with Crippen LogP contribution in [0.15, 0.2) is 45.1 Å². The lowest BCUT2D eigenvalue weighted by atomic mass is 10.3. The zero-order valence-corrected chi connectivity index (χ0v) is 10.5. The van der Waals surface area contributed by atoms with Crippen molar-refractivity contribution in [2.75, 3.05) is 11.2 Å². The van der Waals surface area contributed by atoms with Crippen LogP contribution in [0.1, 0.15) is 0 Å². The number of nitrogens with zero attached hydrogens (tertiary/aromatic N) is 2. The van der Waals surface area contributed by atoms with E-state index in [0.29, 0.717) is 11.3 Å². The molecule has 96 valence electrons. The number of hydrogen-bond acceptors (Lipinski definition) is 7. The highest BCUT2D eigenvalue weighted by Gasteiger charge is 2.21. The Balaban J connectivity index is 1.75. The minimum atomic E-state index is -0.194. The number of aliphatic hydroxyl groups excluding tert-OH is 1. The Hall–Kier alpha value is -2.28. The maximum atomic E-state index is 11.4. The highest BCUT2D eigenvalue weighted by Crippen LogP contribution is 2.23. The van der Waals surface area contributed by atoms with Gasteiger partial charge in [-0.1, -0.05) is 23.9 Å². The van der Waals surface area contributed by atoms with Crippen LogP contribution < -0.4 is 5.43 Å². The number of rotatable bonds is 3. The van der Waals surface area contributed by atoms with Gasteiger partial charge in [0.05, 0.1) is 17.5 Å². The monoisotopic (exact) mass is 275 g/mol. The fourth-order valence-corrected chi connectivity index (χ4v) is 2.36. The molecule has 19 heavy (non-hydrogen) atoms. The SMILES string of the molecule is O=C1SCC(O)=C1C=NNc1nc2ccccc2o1. The van der Waals surface area contributed by atoms with Crippen molar-refractivity contribution in [3.05, 3.63) is 35.6 Å². The van der Waals surface area contributed by atoms with Crippen molar-refractivity contribution in [1.29, 1.82) is 0 Å². The van der Waals surface area contributed by atoms with Gasteiger partial charge in [-0.15, -0.1) is 0 Å². The average Bonchev–Trinajstić information content (AvgIpc) is 2.95. The molecular weight excluding hydrogens is 266 g/mol. The molecule has 1 aromatic heterocycles. The molecule has 6 nitrogen and oxygen atoms in total. The number of anilines is 1. The minimum absolute atomic E-state index is 0.0399. The number of aromatic nitrogens is 1. The summed E-state index contributed by atoms with van der Waals surface area (Å²) >= 11 is 1.04. The van der Waals surface area contributed by atoms with Crippen molar-refractivity contribution in [2.24, 2.45) is 5.10 Å². The van der Waals surface area contributed by atoms with Gasteiger partial charge in [-0.2, -0.15) is 10.1 Å². The van der Waals surface area contributed by atoms with Crippen LogP contribution in [0.4, 0.5) is 6.01 Å². The minimum Gasteiger partial charge on any atom is -0.511 e. The van der Waals surface area contributed by atoms with Crippen molar-refractivity contribution >= 4 is 40.2 Å². The van der Waals surface area contributed by atoms with Gasteiger partial charge in [0.1, 0.15) is 11.3 Å². The van der Waals surface area contributed by atoms with E-state index >= 15 is 0 Å². The van der Waals surface area contributed by atoms with Gasteiger partial charge in [0.15, 0.2) is 5.58 Å². The third-order valence-corrected chi connectivity index (χ3v) is 3.42. The van der Waals surface area contributed by atoms with Crippen molar-refractivity contribution < 1.29 is 14.3 Å². The predicted octanol–water partition coefficient (Wildman–Crippen LogP) is 2.31. The Labute approximate surface area is 112 Å². The van der Waals surface area contributed by atoms with Crippen LogP contribution in [0.5, 0.6) is 0 Å². The molecule has 1 aromatic carbocycles. The van der Waals surface area contributed by atoms with Gasteiger partial charge in [0.2, 0.25) is 5.12 Å². The maximum Gasteiger partial charge on any atom is 0.316 e. The lowest BCUT2D eigenvalue weighted by Crippen LogP contribution is -1.98. The number of nitrogens with one attached hydrogen (secondary N) is 1. The van der Waals surface area contributed by atoms with Crippen LogP contribution in [0.3, 0.4) is 0 Å². The third-order valence-electron chi connectivity index (χ3n) is 2.52. The largest absolute Gasteiger partial charge is 0.511 e. The molecule has 0 aliphatic carbocycles. The summed E-state index contributed by atoms with van der Waals surface area (Å²) < 4.78 is 5.38. The average molecular weight is 275 g/mol. The Morgan fingerprint density at radius 2 is 2.32 bits per heavy atom. The number of aliphatic hydroxyl groups is 1. The number of fused-ring (bicyclic) bond motifs is 1. The molecule has 0 atom stereocenters. The summed E-state index contributed by atoms with van der Waals surface area (Å²) in [5, 5.41) is 13.1. The van der Waals surface area contributed by atoms with Crippen molar-refractivity contribution in [3.63, 3.8) is 0 Å². The second kappa shape index (κ2) is 4.77. The van der Waals surface area contributed by atoms with Crippen LogP contribution in [-0.2, 0) is 4.79 Å². The normalized spacial score (nSPS) is 15.9. The highest BCUT2D eigenvalue weighted by atomic mass is 32.2.